The van der Waals surface area contributed by atoms with Gasteiger partial charge in [-0.15, -0.1) is 24.8 Å². The molecule has 8 heteroatoms. The Morgan fingerprint density at radius 3 is 2.75 bits per heavy atom. The van der Waals surface area contributed by atoms with Gasteiger partial charge in [0.15, 0.2) is 0 Å². The molecule has 4 rings (SSSR count). The Morgan fingerprint density at radius 2 is 2.03 bits per heavy atom. The Morgan fingerprint density at radius 1 is 1.25 bits per heavy atom. The monoisotopic (exact) mass is 478 g/mol. The average molecular weight is 479 g/mol. The van der Waals surface area contributed by atoms with Gasteiger partial charge in [0.2, 0.25) is 0 Å². The fourth-order valence-electron chi connectivity index (χ4n) is 4.40. The number of halogens is 2. The lowest BCUT2D eigenvalue weighted by Crippen LogP contribution is -2.38. The SMILES string of the molecule is COCCCc1cccc2c(C(=O)N3CCC(c4cc(CN)ccn4)CC3)c[nH]c12.Cl.Cl. The van der Waals surface area contributed by atoms with Gasteiger partial charge in [0.1, 0.15) is 0 Å². The number of amides is 1. The molecule has 0 spiro atoms. The number of rotatable bonds is 7. The summed E-state index contributed by atoms with van der Waals surface area (Å²) in [5, 5.41) is 1.01. The van der Waals surface area contributed by atoms with Crippen LogP contribution in [-0.2, 0) is 17.7 Å². The fraction of sp³-hybridized carbons (Fsp3) is 0.417. The van der Waals surface area contributed by atoms with Crippen LogP contribution in [0.4, 0.5) is 0 Å². The van der Waals surface area contributed by atoms with E-state index in [1.165, 1.54) is 5.56 Å². The van der Waals surface area contributed by atoms with Gasteiger partial charge in [0, 0.05) is 68.3 Å². The maximum absolute atomic E-state index is 13.2. The first-order chi connectivity index (χ1) is 14.7. The van der Waals surface area contributed by atoms with Crippen LogP contribution in [0, 0.1) is 0 Å². The molecule has 0 saturated carbocycles. The lowest BCUT2D eigenvalue weighted by molar-refractivity contribution is 0.0714. The third-order valence-corrected chi connectivity index (χ3v) is 6.11. The number of nitrogens with two attached hydrogens (primary N) is 1. The molecule has 3 heterocycles. The number of nitrogens with zero attached hydrogens (tertiary/aromatic N) is 2. The van der Waals surface area contributed by atoms with Crippen LogP contribution in [0.5, 0.6) is 0 Å². The molecule has 0 radical (unpaired) electrons. The van der Waals surface area contributed by atoms with Crippen molar-refractivity contribution in [1.82, 2.24) is 14.9 Å². The molecule has 0 bridgehead atoms. The number of carbonyl (C=O) groups excluding carboxylic acids is 1. The highest BCUT2D eigenvalue weighted by Crippen LogP contribution is 2.29. The van der Waals surface area contributed by atoms with E-state index in [9.17, 15) is 4.79 Å². The van der Waals surface area contributed by atoms with E-state index in [1.54, 1.807) is 7.11 Å². The zero-order valence-corrected chi connectivity index (χ0v) is 20.0. The average Bonchev–Trinajstić information content (AvgIpc) is 3.24. The number of para-hydroxylation sites is 1. The number of benzene rings is 1. The van der Waals surface area contributed by atoms with E-state index in [0.29, 0.717) is 12.5 Å². The lowest BCUT2D eigenvalue weighted by Gasteiger charge is -2.31. The van der Waals surface area contributed by atoms with Gasteiger partial charge < -0.3 is 20.4 Å². The number of piperidine rings is 1. The molecule has 3 aromatic rings. The van der Waals surface area contributed by atoms with E-state index in [-0.39, 0.29) is 30.7 Å². The van der Waals surface area contributed by atoms with E-state index in [4.69, 9.17) is 10.5 Å². The molecule has 2 aromatic heterocycles. The van der Waals surface area contributed by atoms with Gasteiger partial charge in [-0.3, -0.25) is 9.78 Å². The zero-order chi connectivity index (χ0) is 20.9. The van der Waals surface area contributed by atoms with Crippen molar-refractivity contribution in [3.8, 4) is 0 Å². The minimum atomic E-state index is 0. The van der Waals surface area contributed by atoms with E-state index in [0.717, 1.165) is 73.1 Å². The molecule has 0 aliphatic carbocycles. The van der Waals surface area contributed by atoms with Crippen molar-refractivity contribution < 1.29 is 9.53 Å². The van der Waals surface area contributed by atoms with Crippen LogP contribution in [-0.4, -0.2) is 47.6 Å². The van der Waals surface area contributed by atoms with E-state index < -0.39 is 0 Å². The summed E-state index contributed by atoms with van der Waals surface area (Å²) in [5.74, 6) is 0.494. The lowest BCUT2D eigenvalue weighted by atomic mass is 9.92. The quantitative estimate of drug-likeness (QED) is 0.490. The predicted octanol–water partition coefficient (Wildman–Crippen LogP) is 4.46. The Bertz CT molecular complexity index is 1020. The van der Waals surface area contributed by atoms with Crippen LogP contribution in [0.3, 0.4) is 0 Å². The number of methoxy groups -OCH3 is 1. The number of fused-ring (bicyclic) bond motifs is 1. The molecular formula is C24H32Cl2N4O2. The second-order valence-electron chi connectivity index (χ2n) is 8.00. The topological polar surface area (TPSA) is 84.2 Å². The van der Waals surface area contributed by atoms with E-state index in [1.807, 2.05) is 35.5 Å². The van der Waals surface area contributed by atoms with Crippen molar-refractivity contribution in [2.45, 2.75) is 38.1 Å². The summed E-state index contributed by atoms with van der Waals surface area (Å²) in [4.78, 5) is 23.1. The van der Waals surface area contributed by atoms with Crippen molar-refractivity contribution in [3.05, 3.63) is 65.1 Å². The number of pyridine rings is 1. The van der Waals surface area contributed by atoms with Crippen LogP contribution in [0.1, 0.15) is 52.4 Å². The number of aromatic amines is 1. The van der Waals surface area contributed by atoms with Crippen molar-refractivity contribution in [3.63, 3.8) is 0 Å². The van der Waals surface area contributed by atoms with Gasteiger partial charge in [0.05, 0.1) is 5.56 Å². The smallest absolute Gasteiger partial charge is 0.256 e. The summed E-state index contributed by atoms with van der Waals surface area (Å²) in [6.45, 7) is 2.76. The summed E-state index contributed by atoms with van der Waals surface area (Å²) < 4.78 is 5.17. The van der Waals surface area contributed by atoms with Crippen LogP contribution in [0.2, 0.25) is 0 Å². The Hall–Kier alpha value is -2.12. The summed E-state index contributed by atoms with van der Waals surface area (Å²) in [6, 6.07) is 10.3. The van der Waals surface area contributed by atoms with Crippen molar-refractivity contribution >= 4 is 41.6 Å². The maximum atomic E-state index is 13.2. The molecule has 1 aliphatic heterocycles. The van der Waals surface area contributed by atoms with Gasteiger partial charge in [-0.25, -0.2) is 0 Å². The molecule has 1 aromatic carbocycles. The molecule has 1 saturated heterocycles. The van der Waals surface area contributed by atoms with Crippen LogP contribution in [0.15, 0.2) is 42.7 Å². The molecular weight excluding hydrogens is 447 g/mol. The van der Waals surface area contributed by atoms with Gasteiger partial charge >= 0.3 is 0 Å². The zero-order valence-electron chi connectivity index (χ0n) is 18.4. The summed E-state index contributed by atoms with van der Waals surface area (Å²) in [6.07, 6.45) is 7.45. The molecule has 1 fully saturated rings. The van der Waals surface area contributed by atoms with Crippen LogP contribution in [0.25, 0.3) is 10.9 Å². The molecule has 32 heavy (non-hydrogen) atoms. The van der Waals surface area contributed by atoms with Crippen molar-refractivity contribution in [2.75, 3.05) is 26.8 Å². The second-order valence-corrected chi connectivity index (χ2v) is 8.00. The number of nitrogens with one attached hydrogen (secondary N) is 1. The third-order valence-electron chi connectivity index (χ3n) is 6.11. The first-order valence-corrected chi connectivity index (χ1v) is 10.7. The van der Waals surface area contributed by atoms with Crippen LogP contribution < -0.4 is 5.73 Å². The first-order valence-electron chi connectivity index (χ1n) is 10.7. The number of carbonyl (C=O) groups is 1. The highest BCUT2D eigenvalue weighted by Gasteiger charge is 2.27. The summed E-state index contributed by atoms with van der Waals surface area (Å²) in [5.41, 5.74) is 11.0. The normalized spacial score (nSPS) is 14.1. The predicted molar refractivity (Wildman–Crippen MR) is 133 cm³/mol. The van der Waals surface area contributed by atoms with Crippen LogP contribution >= 0.6 is 24.8 Å². The number of hydrogen-bond acceptors (Lipinski definition) is 4. The van der Waals surface area contributed by atoms with E-state index >= 15 is 0 Å². The number of ether oxygens (including phenoxy) is 1. The molecule has 0 atom stereocenters. The Labute approximate surface area is 201 Å². The number of likely N-dealkylation sites (tertiary alicyclic amines) is 1. The highest BCUT2D eigenvalue weighted by molar-refractivity contribution is 6.07. The fourth-order valence-corrected chi connectivity index (χ4v) is 4.40. The van der Waals surface area contributed by atoms with Gasteiger partial charge in [-0.05, 0) is 48.9 Å². The van der Waals surface area contributed by atoms with Crippen molar-refractivity contribution in [1.29, 1.82) is 0 Å². The van der Waals surface area contributed by atoms with Gasteiger partial charge in [-0.2, -0.15) is 0 Å². The van der Waals surface area contributed by atoms with E-state index in [2.05, 4.69) is 22.1 Å². The first kappa shape index (κ1) is 26.1. The molecule has 3 N–H and O–H groups in total. The summed E-state index contributed by atoms with van der Waals surface area (Å²) >= 11 is 0. The minimum Gasteiger partial charge on any atom is -0.385 e. The molecule has 0 unspecified atom stereocenters. The number of H-pyrrole nitrogens is 1. The molecule has 6 nitrogen and oxygen atoms in total. The molecule has 1 amide bonds. The standard InChI is InChI=1S/C24H30N4O2.2ClH/c1-30-13-3-5-19-4-2-6-20-21(16-27-23(19)20)24(29)28-11-8-18(9-12-28)22-14-17(15-25)7-10-26-22;;/h2,4,6-7,10,14,16,18,27H,3,5,8-9,11-13,15,25H2,1H3;2*1H. The minimum absolute atomic E-state index is 0. The second kappa shape index (κ2) is 12.2. The summed E-state index contributed by atoms with van der Waals surface area (Å²) in [7, 11) is 1.72. The third kappa shape index (κ3) is 5.62. The number of aryl methyl sites for hydroxylation is 1. The molecule has 174 valence electrons. The highest BCUT2D eigenvalue weighted by atomic mass is 35.5. The Kier molecular flexibility index (Phi) is 9.97. The Balaban J connectivity index is 0.00000181. The van der Waals surface area contributed by atoms with Crippen molar-refractivity contribution in [2.24, 2.45) is 5.73 Å². The van der Waals surface area contributed by atoms with Gasteiger partial charge in [0.25, 0.3) is 5.91 Å². The largest absolute Gasteiger partial charge is 0.385 e. The number of aromatic nitrogens is 2. The van der Waals surface area contributed by atoms with Gasteiger partial charge in [-0.1, -0.05) is 18.2 Å². The molecule has 1 aliphatic rings. The number of hydrogen-bond donors (Lipinski definition) is 2. The maximum Gasteiger partial charge on any atom is 0.256 e.